The Morgan fingerprint density at radius 2 is 2.06 bits per heavy atom. The Bertz CT molecular complexity index is 1150. The van der Waals surface area contributed by atoms with E-state index < -0.39 is 11.5 Å². The summed E-state index contributed by atoms with van der Waals surface area (Å²) >= 11 is 3.20. The van der Waals surface area contributed by atoms with Crippen LogP contribution in [0.3, 0.4) is 0 Å². The highest BCUT2D eigenvalue weighted by atomic mass is 79.9. The number of halogens is 1. The van der Waals surface area contributed by atoms with Gasteiger partial charge in [0.2, 0.25) is 5.91 Å². The molecule has 1 aromatic carbocycles. The maximum atomic E-state index is 13.0. The molecule has 4 atom stereocenters. The third-order valence-corrected chi connectivity index (χ3v) is 7.14. The molecule has 2 fully saturated rings. The smallest absolute Gasteiger partial charge is 0.332 e. The Morgan fingerprint density at radius 1 is 1.26 bits per heavy atom. The van der Waals surface area contributed by atoms with E-state index in [9.17, 15) is 14.4 Å². The molecular formula is C25H27BrN2O6. The van der Waals surface area contributed by atoms with Crippen LogP contribution < -0.4 is 14.8 Å². The predicted molar refractivity (Wildman–Crippen MR) is 129 cm³/mol. The van der Waals surface area contributed by atoms with Gasteiger partial charge in [-0.3, -0.25) is 9.59 Å². The predicted octanol–water partition coefficient (Wildman–Crippen LogP) is 3.60. The maximum Gasteiger partial charge on any atom is 0.332 e. The number of alkyl halides is 1. The summed E-state index contributed by atoms with van der Waals surface area (Å²) in [7, 11) is 2.89. The quantitative estimate of drug-likeness (QED) is 0.228. The molecule has 2 aliphatic rings. The normalized spacial score (nSPS) is 25.4. The summed E-state index contributed by atoms with van der Waals surface area (Å²) in [4.78, 5) is 42.0. The van der Waals surface area contributed by atoms with Crippen molar-refractivity contribution in [2.24, 2.45) is 11.8 Å². The van der Waals surface area contributed by atoms with E-state index in [0.29, 0.717) is 48.4 Å². The van der Waals surface area contributed by atoms with Crippen molar-refractivity contribution in [1.82, 2.24) is 10.3 Å². The van der Waals surface area contributed by atoms with Crippen LogP contribution in [-0.2, 0) is 14.3 Å². The molecule has 180 valence electrons. The third-order valence-electron chi connectivity index (χ3n) is 6.63. The molecule has 0 saturated heterocycles. The molecule has 1 aromatic heterocycles. The molecule has 2 aliphatic carbocycles. The zero-order valence-electron chi connectivity index (χ0n) is 19.1. The highest BCUT2D eigenvalue weighted by Gasteiger charge is 2.61. The summed E-state index contributed by atoms with van der Waals surface area (Å²) < 4.78 is 16.5. The highest BCUT2D eigenvalue weighted by Crippen LogP contribution is 2.46. The first-order valence-corrected chi connectivity index (χ1v) is 12.2. The van der Waals surface area contributed by atoms with Crippen molar-refractivity contribution < 1.29 is 28.6 Å². The topological polar surface area (TPSA) is 104 Å². The molecule has 0 radical (unpaired) electrons. The maximum absolute atomic E-state index is 13.0. The molecule has 8 nitrogen and oxygen atoms in total. The van der Waals surface area contributed by atoms with Crippen LogP contribution in [0.25, 0.3) is 10.9 Å². The number of hydrogen-bond acceptors (Lipinski definition) is 7. The Labute approximate surface area is 206 Å². The number of Topliss-reactive ketones (excluding diaryl/α,β-unsaturated/α-hetero) is 1. The zero-order chi connectivity index (χ0) is 24.5. The molecule has 0 aliphatic heterocycles. The van der Waals surface area contributed by atoms with Gasteiger partial charge < -0.3 is 19.5 Å². The van der Waals surface area contributed by atoms with Gasteiger partial charge in [0.25, 0.3) is 0 Å². The number of ether oxygens (including phenoxy) is 3. The van der Waals surface area contributed by atoms with Crippen molar-refractivity contribution in [1.29, 1.82) is 0 Å². The van der Waals surface area contributed by atoms with Crippen molar-refractivity contribution in [3.05, 3.63) is 42.6 Å². The molecule has 0 bridgehead atoms. The minimum absolute atomic E-state index is 0.122. The van der Waals surface area contributed by atoms with Crippen LogP contribution in [0, 0.1) is 11.8 Å². The molecule has 2 aromatic rings. The summed E-state index contributed by atoms with van der Waals surface area (Å²) in [6.45, 7) is 3.74. The zero-order valence-corrected chi connectivity index (χ0v) is 20.7. The first-order valence-electron chi connectivity index (χ1n) is 11.1. The average molecular weight is 531 g/mol. The molecule has 9 heteroatoms. The lowest BCUT2D eigenvalue weighted by atomic mass is 10.1. The molecule has 1 N–H and O–H groups in total. The minimum atomic E-state index is -1.00. The lowest BCUT2D eigenvalue weighted by molar-refractivity contribution is -0.147. The van der Waals surface area contributed by atoms with Crippen molar-refractivity contribution >= 4 is 44.5 Å². The molecule has 2 saturated carbocycles. The van der Waals surface area contributed by atoms with Crippen molar-refractivity contribution in [2.45, 2.75) is 37.3 Å². The SMILES string of the molecule is C=CC1CC1(NC(=O)C1CCC(Oc2cc(C(=O)CBr)nc3cc(OC)ccc23)C1)C(=O)OC. The number of nitrogens with zero attached hydrogens (tertiary/aromatic N) is 1. The fourth-order valence-corrected chi connectivity index (χ4v) is 4.87. The van der Waals surface area contributed by atoms with E-state index in [0.717, 1.165) is 5.39 Å². The van der Waals surface area contributed by atoms with E-state index in [4.69, 9.17) is 14.2 Å². The number of fused-ring (bicyclic) bond motifs is 1. The number of ketones is 1. The van der Waals surface area contributed by atoms with E-state index in [1.807, 2.05) is 12.1 Å². The van der Waals surface area contributed by atoms with Crippen LogP contribution >= 0.6 is 15.9 Å². The van der Waals surface area contributed by atoms with E-state index in [-0.39, 0.29) is 35.0 Å². The second-order valence-corrected chi connectivity index (χ2v) is 9.25. The van der Waals surface area contributed by atoms with Crippen LogP contribution in [0.1, 0.15) is 36.2 Å². The molecule has 34 heavy (non-hydrogen) atoms. The van der Waals surface area contributed by atoms with Crippen LogP contribution in [0.2, 0.25) is 0 Å². The number of rotatable bonds is 9. The summed E-state index contributed by atoms with van der Waals surface area (Å²) in [6, 6.07) is 7.07. The molecule has 0 spiro atoms. The number of carbonyl (C=O) groups is 3. The number of aromatic nitrogens is 1. The van der Waals surface area contributed by atoms with E-state index >= 15 is 0 Å². The largest absolute Gasteiger partial charge is 0.497 e. The Hall–Kier alpha value is -2.94. The number of benzene rings is 1. The number of hydrogen-bond donors (Lipinski definition) is 1. The van der Waals surface area contributed by atoms with Gasteiger partial charge in [-0.2, -0.15) is 0 Å². The van der Waals surface area contributed by atoms with Crippen LogP contribution in [0.15, 0.2) is 36.9 Å². The number of pyridine rings is 1. The summed E-state index contributed by atoms with van der Waals surface area (Å²) in [5, 5.41) is 3.81. The van der Waals surface area contributed by atoms with Crippen molar-refractivity contribution in [3.63, 3.8) is 0 Å². The monoisotopic (exact) mass is 530 g/mol. The lowest BCUT2D eigenvalue weighted by Gasteiger charge is -2.20. The number of nitrogens with one attached hydrogen (secondary N) is 1. The Balaban J connectivity index is 1.50. The van der Waals surface area contributed by atoms with Gasteiger partial charge in [-0.1, -0.05) is 22.0 Å². The van der Waals surface area contributed by atoms with Crippen LogP contribution in [0.5, 0.6) is 11.5 Å². The number of carbonyl (C=O) groups excluding carboxylic acids is 3. The van der Waals surface area contributed by atoms with Gasteiger partial charge in [0, 0.05) is 29.4 Å². The fourth-order valence-electron chi connectivity index (χ4n) is 4.58. The number of esters is 1. The Morgan fingerprint density at radius 3 is 2.71 bits per heavy atom. The first-order chi connectivity index (χ1) is 16.3. The summed E-state index contributed by atoms with van der Waals surface area (Å²) in [5.41, 5.74) is -0.112. The van der Waals surface area contributed by atoms with Crippen molar-refractivity contribution in [3.8, 4) is 11.5 Å². The molecular weight excluding hydrogens is 504 g/mol. The summed E-state index contributed by atoms with van der Waals surface area (Å²) in [6.07, 6.45) is 3.78. The Kier molecular flexibility index (Phi) is 6.93. The van der Waals surface area contributed by atoms with Gasteiger partial charge in [0.1, 0.15) is 22.7 Å². The minimum Gasteiger partial charge on any atom is -0.497 e. The number of methoxy groups -OCH3 is 2. The van der Waals surface area contributed by atoms with Gasteiger partial charge in [-0.25, -0.2) is 9.78 Å². The van der Waals surface area contributed by atoms with Crippen molar-refractivity contribution in [2.75, 3.05) is 19.5 Å². The van der Waals surface area contributed by atoms with Gasteiger partial charge in [0.15, 0.2) is 5.78 Å². The van der Waals surface area contributed by atoms with Crippen LogP contribution in [0.4, 0.5) is 0 Å². The average Bonchev–Trinajstić information content (AvgIpc) is 3.37. The van der Waals surface area contributed by atoms with Crippen LogP contribution in [-0.4, -0.2) is 53.8 Å². The van der Waals surface area contributed by atoms with Gasteiger partial charge in [-0.05, 0) is 37.8 Å². The van der Waals surface area contributed by atoms with E-state index in [1.54, 1.807) is 25.3 Å². The number of amides is 1. The van der Waals surface area contributed by atoms with E-state index in [1.165, 1.54) is 7.11 Å². The molecule has 1 amide bonds. The third kappa shape index (κ3) is 4.53. The second-order valence-electron chi connectivity index (χ2n) is 8.69. The standard InChI is InChI=1S/C25H27BrN2O6/c1-4-15-12-25(15,24(31)33-3)28-23(30)14-5-6-17(9-14)34-22-11-20(21(29)13-26)27-19-10-16(32-2)7-8-18(19)22/h4,7-8,10-11,14-15,17H,1,5-6,9,12-13H2,2-3H3,(H,28,30). The fraction of sp³-hybridized carbons (Fsp3) is 0.440. The molecule has 4 rings (SSSR count). The molecule has 1 heterocycles. The van der Waals surface area contributed by atoms with E-state index in [2.05, 4.69) is 32.8 Å². The van der Waals surface area contributed by atoms with Gasteiger partial charge >= 0.3 is 5.97 Å². The van der Waals surface area contributed by atoms with Gasteiger partial charge in [0.05, 0.1) is 31.2 Å². The molecule has 4 unspecified atom stereocenters. The first kappa shape index (κ1) is 24.2. The second kappa shape index (κ2) is 9.74. The summed E-state index contributed by atoms with van der Waals surface area (Å²) in [5.74, 6) is -0.0168. The lowest BCUT2D eigenvalue weighted by Crippen LogP contribution is -2.47. The highest BCUT2D eigenvalue weighted by molar-refractivity contribution is 9.09. The van der Waals surface area contributed by atoms with Gasteiger partial charge in [-0.15, -0.1) is 6.58 Å².